The summed E-state index contributed by atoms with van der Waals surface area (Å²) < 4.78 is 0. The average Bonchev–Trinajstić information content (AvgIpc) is 2.71. The van der Waals surface area contributed by atoms with Gasteiger partial charge in [-0.2, -0.15) is 0 Å². The molecule has 6 heteroatoms. The molecular formula is C13H26ClN3O2. The molecule has 0 heterocycles. The smallest absolute Gasteiger partial charge is 0.239 e. The van der Waals surface area contributed by atoms with Gasteiger partial charge in [0.25, 0.3) is 0 Å². The number of hydrogen-bond donors (Lipinski definition) is 3. The molecule has 1 saturated carbocycles. The van der Waals surface area contributed by atoms with Crippen LogP contribution in [0.1, 0.15) is 40.0 Å². The van der Waals surface area contributed by atoms with Gasteiger partial charge in [0.05, 0.1) is 6.54 Å². The Morgan fingerprint density at radius 3 is 2.42 bits per heavy atom. The molecule has 1 aliphatic rings. The van der Waals surface area contributed by atoms with E-state index in [0.717, 1.165) is 19.3 Å². The second-order valence-electron chi connectivity index (χ2n) is 6.05. The summed E-state index contributed by atoms with van der Waals surface area (Å²) in [7, 11) is 0. The van der Waals surface area contributed by atoms with Gasteiger partial charge in [-0.1, -0.05) is 6.42 Å². The minimum Gasteiger partial charge on any atom is -0.350 e. The molecule has 0 radical (unpaired) electrons. The predicted octanol–water partition coefficient (Wildman–Crippen LogP) is 0.814. The molecule has 0 bridgehead atoms. The summed E-state index contributed by atoms with van der Waals surface area (Å²) in [5.41, 5.74) is 5.37. The molecule has 0 unspecified atom stereocenters. The van der Waals surface area contributed by atoms with Crippen molar-refractivity contribution in [2.75, 3.05) is 13.1 Å². The van der Waals surface area contributed by atoms with Gasteiger partial charge in [0.1, 0.15) is 0 Å². The molecule has 4 N–H and O–H groups in total. The van der Waals surface area contributed by atoms with Crippen LogP contribution in [-0.4, -0.2) is 30.4 Å². The zero-order chi connectivity index (χ0) is 13.8. The third-order valence-electron chi connectivity index (χ3n) is 3.24. The molecule has 1 aliphatic carbocycles. The van der Waals surface area contributed by atoms with E-state index >= 15 is 0 Å². The lowest BCUT2D eigenvalue weighted by Gasteiger charge is -2.21. The first-order valence-corrected chi connectivity index (χ1v) is 6.62. The monoisotopic (exact) mass is 291 g/mol. The van der Waals surface area contributed by atoms with Crippen LogP contribution in [0.4, 0.5) is 0 Å². The highest BCUT2D eigenvalue weighted by atomic mass is 35.5. The van der Waals surface area contributed by atoms with E-state index in [-0.39, 0.29) is 48.1 Å². The van der Waals surface area contributed by atoms with Gasteiger partial charge in [-0.25, -0.2) is 0 Å². The maximum atomic E-state index is 11.9. The maximum Gasteiger partial charge on any atom is 0.239 e. The van der Waals surface area contributed by atoms with E-state index in [1.54, 1.807) is 0 Å². The largest absolute Gasteiger partial charge is 0.350 e. The average molecular weight is 292 g/mol. The van der Waals surface area contributed by atoms with E-state index < -0.39 is 0 Å². The maximum absolute atomic E-state index is 11.9. The molecule has 1 fully saturated rings. The summed E-state index contributed by atoms with van der Waals surface area (Å²) in [6.07, 6.45) is 2.95. The van der Waals surface area contributed by atoms with Crippen molar-refractivity contribution in [3.8, 4) is 0 Å². The van der Waals surface area contributed by atoms with Crippen molar-refractivity contribution in [2.45, 2.75) is 45.6 Å². The molecule has 2 atom stereocenters. The van der Waals surface area contributed by atoms with Gasteiger partial charge in [0, 0.05) is 11.5 Å². The highest BCUT2D eigenvalue weighted by molar-refractivity contribution is 5.86. The molecule has 0 aromatic carbocycles. The van der Waals surface area contributed by atoms with Crippen LogP contribution in [0.15, 0.2) is 0 Å². The number of nitrogens with two attached hydrogens (primary N) is 1. The third kappa shape index (κ3) is 6.25. The number of carbonyl (C=O) groups excluding carboxylic acids is 2. The van der Waals surface area contributed by atoms with E-state index in [4.69, 9.17) is 5.73 Å². The Balaban J connectivity index is 0.00000324. The quantitative estimate of drug-likeness (QED) is 0.717. The Labute approximate surface area is 121 Å². The van der Waals surface area contributed by atoms with Crippen LogP contribution < -0.4 is 16.4 Å². The highest BCUT2D eigenvalue weighted by Gasteiger charge is 2.31. The van der Waals surface area contributed by atoms with Crippen LogP contribution in [0.3, 0.4) is 0 Å². The number of carbonyl (C=O) groups is 2. The van der Waals surface area contributed by atoms with Gasteiger partial charge in [-0.3, -0.25) is 9.59 Å². The SMILES string of the molecule is CC(C)(C)NC(=O)CNC(=O)[C@@H]1CCC[C@@H]1CN.Cl. The fraction of sp³-hybridized carbons (Fsp3) is 0.846. The molecule has 112 valence electrons. The Morgan fingerprint density at radius 1 is 1.26 bits per heavy atom. The van der Waals surface area contributed by atoms with Gasteiger partial charge in [0.2, 0.25) is 11.8 Å². The van der Waals surface area contributed by atoms with Crippen molar-refractivity contribution in [1.82, 2.24) is 10.6 Å². The van der Waals surface area contributed by atoms with Crippen LogP contribution in [-0.2, 0) is 9.59 Å². The first-order valence-electron chi connectivity index (χ1n) is 6.62. The van der Waals surface area contributed by atoms with Gasteiger partial charge in [-0.05, 0) is 46.1 Å². The molecule has 2 amide bonds. The van der Waals surface area contributed by atoms with Crippen LogP contribution in [0.5, 0.6) is 0 Å². The second kappa shape index (κ2) is 7.70. The fourth-order valence-corrected chi connectivity index (χ4v) is 2.43. The molecule has 19 heavy (non-hydrogen) atoms. The second-order valence-corrected chi connectivity index (χ2v) is 6.05. The van der Waals surface area contributed by atoms with E-state index in [2.05, 4.69) is 10.6 Å². The third-order valence-corrected chi connectivity index (χ3v) is 3.24. The van der Waals surface area contributed by atoms with Crippen LogP contribution in [0, 0.1) is 11.8 Å². The van der Waals surface area contributed by atoms with E-state index in [1.165, 1.54) is 0 Å². The van der Waals surface area contributed by atoms with Crippen molar-refractivity contribution in [3.63, 3.8) is 0 Å². The number of rotatable bonds is 4. The summed E-state index contributed by atoms with van der Waals surface area (Å²) in [6, 6.07) is 0. The van der Waals surface area contributed by atoms with Crippen LogP contribution >= 0.6 is 12.4 Å². The Bertz CT molecular complexity index is 316. The number of halogens is 1. The van der Waals surface area contributed by atoms with Gasteiger partial charge in [0.15, 0.2) is 0 Å². The Kier molecular flexibility index (Phi) is 7.37. The van der Waals surface area contributed by atoms with Crippen molar-refractivity contribution in [1.29, 1.82) is 0 Å². The summed E-state index contributed by atoms with van der Waals surface area (Å²) in [5.74, 6) is 0.0678. The Morgan fingerprint density at radius 2 is 1.89 bits per heavy atom. The summed E-state index contributed by atoms with van der Waals surface area (Å²) in [6.45, 7) is 6.33. The van der Waals surface area contributed by atoms with Crippen molar-refractivity contribution in [3.05, 3.63) is 0 Å². The molecule has 0 aliphatic heterocycles. The van der Waals surface area contributed by atoms with Gasteiger partial charge >= 0.3 is 0 Å². The van der Waals surface area contributed by atoms with Crippen molar-refractivity contribution in [2.24, 2.45) is 17.6 Å². The van der Waals surface area contributed by atoms with Crippen LogP contribution in [0.2, 0.25) is 0 Å². The lowest BCUT2D eigenvalue weighted by atomic mass is 9.95. The summed E-state index contributed by atoms with van der Waals surface area (Å²) >= 11 is 0. The minimum atomic E-state index is -0.269. The number of hydrogen-bond acceptors (Lipinski definition) is 3. The molecule has 0 aromatic rings. The normalized spacial score (nSPS) is 22.5. The highest BCUT2D eigenvalue weighted by Crippen LogP contribution is 2.30. The zero-order valence-corrected chi connectivity index (χ0v) is 12.8. The number of amides is 2. The summed E-state index contributed by atoms with van der Waals surface area (Å²) in [5, 5.41) is 5.52. The number of nitrogens with one attached hydrogen (secondary N) is 2. The predicted molar refractivity (Wildman–Crippen MR) is 78.0 cm³/mol. The molecule has 0 spiro atoms. The molecule has 0 aromatic heterocycles. The van der Waals surface area contributed by atoms with Gasteiger partial charge < -0.3 is 16.4 Å². The van der Waals surface area contributed by atoms with E-state index in [9.17, 15) is 9.59 Å². The fourth-order valence-electron chi connectivity index (χ4n) is 2.43. The first kappa shape index (κ1) is 18.2. The summed E-state index contributed by atoms with van der Waals surface area (Å²) in [4.78, 5) is 23.5. The first-order chi connectivity index (χ1) is 8.33. The van der Waals surface area contributed by atoms with E-state index in [0.29, 0.717) is 6.54 Å². The molecule has 5 nitrogen and oxygen atoms in total. The Hall–Kier alpha value is -0.810. The van der Waals surface area contributed by atoms with Gasteiger partial charge in [-0.15, -0.1) is 12.4 Å². The minimum absolute atomic E-state index is 0. The van der Waals surface area contributed by atoms with E-state index in [1.807, 2.05) is 20.8 Å². The van der Waals surface area contributed by atoms with Crippen molar-refractivity contribution < 1.29 is 9.59 Å². The lowest BCUT2D eigenvalue weighted by molar-refractivity contribution is -0.129. The van der Waals surface area contributed by atoms with Crippen LogP contribution in [0.25, 0.3) is 0 Å². The molecule has 1 rings (SSSR count). The standard InChI is InChI=1S/C13H25N3O2.ClH/c1-13(2,3)16-11(17)8-15-12(18)10-6-4-5-9(10)7-14;/h9-10H,4-8,14H2,1-3H3,(H,15,18)(H,16,17);1H/t9-,10-;/m1./s1. The van der Waals surface area contributed by atoms with Crippen molar-refractivity contribution >= 4 is 24.2 Å². The topological polar surface area (TPSA) is 84.2 Å². The lowest BCUT2D eigenvalue weighted by Crippen LogP contribution is -2.47. The molecular weight excluding hydrogens is 266 g/mol. The molecule has 0 saturated heterocycles. The zero-order valence-electron chi connectivity index (χ0n) is 12.0.